The molecule has 0 saturated carbocycles. The first kappa shape index (κ1) is 15.8. The minimum atomic E-state index is -0.409. The molecule has 5 nitrogen and oxygen atoms in total. The average Bonchev–Trinajstić information content (AvgIpc) is 2.87. The van der Waals surface area contributed by atoms with Crippen molar-refractivity contribution in [3.05, 3.63) is 50.8 Å². The summed E-state index contributed by atoms with van der Waals surface area (Å²) in [5, 5.41) is 2.72. The Balaban J connectivity index is 2.16. The van der Waals surface area contributed by atoms with Gasteiger partial charge in [-0.3, -0.25) is 4.79 Å². The Hall–Kier alpha value is -1.60. The van der Waals surface area contributed by atoms with Crippen molar-refractivity contribution in [3.8, 4) is 0 Å². The highest BCUT2D eigenvalue weighted by Crippen LogP contribution is 2.26. The molecule has 0 aliphatic rings. The molecule has 21 heavy (non-hydrogen) atoms. The second kappa shape index (κ2) is 6.91. The Morgan fingerprint density at radius 1 is 1.29 bits per heavy atom. The van der Waals surface area contributed by atoms with Crippen molar-refractivity contribution in [2.45, 2.75) is 6.92 Å². The van der Waals surface area contributed by atoms with Crippen LogP contribution in [0, 0.1) is 0 Å². The number of benzene rings is 1. The van der Waals surface area contributed by atoms with Gasteiger partial charge in [0.1, 0.15) is 0 Å². The highest BCUT2D eigenvalue weighted by Gasteiger charge is 2.15. The monoisotopic (exact) mass is 415 g/mol. The maximum absolute atomic E-state index is 12.1. The Labute approximate surface area is 137 Å². The van der Waals surface area contributed by atoms with Gasteiger partial charge < -0.3 is 14.5 Å². The summed E-state index contributed by atoms with van der Waals surface area (Å²) in [5.74, 6) is -0.728. The lowest BCUT2D eigenvalue weighted by Gasteiger charge is -2.08. The molecule has 1 heterocycles. The lowest BCUT2D eigenvalue weighted by molar-refractivity contribution is 0.0526. The van der Waals surface area contributed by atoms with Crippen molar-refractivity contribution in [3.63, 3.8) is 0 Å². The van der Waals surface area contributed by atoms with Gasteiger partial charge in [-0.05, 0) is 63.0 Å². The molecule has 0 saturated heterocycles. The number of hydrogen-bond acceptors (Lipinski definition) is 4. The molecule has 0 aliphatic carbocycles. The molecule has 0 bridgehead atoms. The zero-order chi connectivity index (χ0) is 15.4. The molecule has 2 aromatic rings. The molecule has 0 atom stereocenters. The summed E-state index contributed by atoms with van der Waals surface area (Å²) in [6.07, 6.45) is 1.41. The highest BCUT2D eigenvalue weighted by molar-refractivity contribution is 9.10. The molecule has 1 aromatic heterocycles. The zero-order valence-corrected chi connectivity index (χ0v) is 14.2. The number of carbonyl (C=O) groups excluding carboxylic acids is 2. The molecule has 1 amide bonds. The summed E-state index contributed by atoms with van der Waals surface area (Å²) in [6.45, 7) is 2.05. The van der Waals surface area contributed by atoms with E-state index in [1.807, 2.05) is 0 Å². The van der Waals surface area contributed by atoms with Crippen LogP contribution in [0.1, 0.15) is 27.6 Å². The van der Waals surface area contributed by atoms with Crippen LogP contribution in [0.15, 0.2) is 44.1 Å². The third-order valence-electron chi connectivity index (χ3n) is 2.59. The first-order valence-electron chi connectivity index (χ1n) is 6.04. The van der Waals surface area contributed by atoms with Crippen LogP contribution in [0.25, 0.3) is 0 Å². The number of anilines is 1. The molecular formula is C14H11Br2NO4. The fraction of sp³-hybridized carbons (Fsp3) is 0.143. The number of furan rings is 1. The average molecular weight is 417 g/mol. The molecule has 0 spiro atoms. The van der Waals surface area contributed by atoms with E-state index in [1.54, 1.807) is 31.2 Å². The molecule has 1 N–H and O–H groups in total. The SMILES string of the molecule is CCOC(=O)c1ccc(NC(=O)c2ccoc2Br)c(Br)c1. The van der Waals surface area contributed by atoms with Gasteiger partial charge in [-0.15, -0.1) is 0 Å². The van der Waals surface area contributed by atoms with Crippen LogP contribution < -0.4 is 5.32 Å². The Morgan fingerprint density at radius 2 is 2.05 bits per heavy atom. The Kier molecular flexibility index (Phi) is 5.19. The van der Waals surface area contributed by atoms with Crippen molar-refractivity contribution in [2.75, 3.05) is 11.9 Å². The topological polar surface area (TPSA) is 68.5 Å². The lowest BCUT2D eigenvalue weighted by Crippen LogP contribution is -2.12. The van der Waals surface area contributed by atoms with Gasteiger partial charge in [0, 0.05) is 4.47 Å². The number of esters is 1. The van der Waals surface area contributed by atoms with Gasteiger partial charge >= 0.3 is 5.97 Å². The maximum Gasteiger partial charge on any atom is 0.338 e. The van der Waals surface area contributed by atoms with Gasteiger partial charge in [-0.2, -0.15) is 0 Å². The zero-order valence-electron chi connectivity index (χ0n) is 11.0. The lowest BCUT2D eigenvalue weighted by atomic mass is 10.2. The summed E-state index contributed by atoms with van der Waals surface area (Å²) in [5.41, 5.74) is 1.34. The van der Waals surface area contributed by atoms with Crippen LogP contribution in [-0.2, 0) is 4.74 Å². The molecule has 0 aliphatic heterocycles. The maximum atomic E-state index is 12.1. The van der Waals surface area contributed by atoms with E-state index in [-0.39, 0.29) is 5.91 Å². The molecule has 0 unspecified atom stereocenters. The third-order valence-corrected chi connectivity index (χ3v) is 3.86. The van der Waals surface area contributed by atoms with Crippen molar-refractivity contribution in [2.24, 2.45) is 0 Å². The quantitative estimate of drug-likeness (QED) is 0.757. The minimum absolute atomic E-state index is 0.309. The number of amides is 1. The van der Waals surface area contributed by atoms with Crippen LogP contribution in [-0.4, -0.2) is 18.5 Å². The summed E-state index contributed by atoms with van der Waals surface area (Å²) >= 11 is 6.47. The van der Waals surface area contributed by atoms with Crippen LogP contribution >= 0.6 is 31.9 Å². The Bertz CT molecular complexity index is 681. The van der Waals surface area contributed by atoms with Crippen molar-refractivity contribution < 1.29 is 18.7 Å². The van der Waals surface area contributed by atoms with Gasteiger partial charge in [0.2, 0.25) is 0 Å². The van der Waals surface area contributed by atoms with Crippen LogP contribution in [0.3, 0.4) is 0 Å². The second-order valence-electron chi connectivity index (χ2n) is 3.98. The summed E-state index contributed by atoms with van der Waals surface area (Å²) < 4.78 is 10.9. The minimum Gasteiger partial charge on any atom is -0.462 e. The van der Waals surface area contributed by atoms with Crippen molar-refractivity contribution >= 4 is 49.4 Å². The summed E-state index contributed by atoms with van der Waals surface area (Å²) in [4.78, 5) is 23.7. The molecule has 1 aromatic carbocycles. The van der Waals surface area contributed by atoms with Gasteiger partial charge in [-0.25, -0.2) is 4.79 Å². The standard InChI is InChI=1S/C14H11Br2NO4/c1-2-20-14(19)8-3-4-11(10(15)7-8)17-13(18)9-5-6-21-12(9)16/h3-7H,2H2,1H3,(H,17,18). The van der Waals surface area contributed by atoms with Gasteiger partial charge in [0.15, 0.2) is 4.67 Å². The van der Waals surface area contributed by atoms with E-state index in [4.69, 9.17) is 9.15 Å². The fourth-order valence-corrected chi connectivity index (χ4v) is 2.50. The highest BCUT2D eigenvalue weighted by atomic mass is 79.9. The molecule has 0 radical (unpaired) electrons. The van der Waals surface area contributed by atoms with Crippen LogP contribution in [0.4, 0.5) is 5.69 Å². The van der Waals surface area contributed by atoms with E-state index in [1.165, 1.54) is 6.26 Å². The smallest absolute Gasteiger partial charge is 0.338 e. The second-order valence-corrected chi connectivity index (χ2v) is 5.55. The van der Waals surface area contributed by atoms with E-state index >= 15 is 0 Å². The first-order chi connectivity index (χ1) is 10.0. The first-order valence-corrected chi connectivity index (χ1v) is 7.62. The number of ether oxygens (including phenoxy) is 1. The number of nitrogens with one attached hydrogen (secondary N) is 1. The van der Waals surface area contributed by atoms with Crippen LogP contribution in [0.2, 0.25) is 0 Å². The number of carbonyl (C=O) groups is 2. The van der Waals surface area contributed by atoms with E-state index in [0.29, 0.717) is 32.6 Å². The van der Waals surface area contributed by atoms with E-state index in [2.05, 4.69) is 37.2 Å². The predicted octanol–water partition coefficient (Wildman–Crippen LogP) is 4.23. The molecular weight excluding hydrogens is 406 g/mol. The third kappa shape index (κ3) is 3.74. The molecule has 110 valence electrons. The number of halogens is 2. The largest absolute Gasteiger partial charge is 0.462 e. The van der Waals surface area contributed by atoms with Crippen LogP contribution in [0.5, 0.6) is 0 Å². The van der Waals surface area contributed by atoms with E-state index in [9.17, 15) is 9.59 Å². The Morgan fingerprint density at radius 3 is 2.62 bits per heavy atom. The van der Waals surface area contributed by atoms with E-state index < -0.39 is 5.97 Å². The van der Waals surface area contributed by atoms with Crippen molar-refractivity contribution in [1.82, 2.24) is 0 Å². The van der Waals surface area contributed by atoms with Gasteiger partial charge in [0.25, 0.3) is 5.91 Å². The number of hydrogen-bond donors (Lipinski definition) is 1. The van der Waals surface area contributed by atoms with Gasteiger partial charge in [-0.1, -0.05) is 0 Å². The van der Waals surface area contributed by atoms with E-state index in [0.717, 1.165) is 0 Å². The summed E-state index contributed by atoms with van der Waals surface area (Å²) in [7, 11) is 0. The fourth-order valence-electron chi connectivity index (χ4n) is 1.60. The molecule has 0 fully saturated rings. The molecule has 2 rings (SSSR count). The van der Waals surface area contributed by atoms with Crippen molar-refractivity contribution in [1.29, 1.82) is 0 Å². The predicted molar refractivity (Wildman–Crippen MR) is 84.5 cm³/mol. The normalized spacial score (nSPS) is 10.2. The molecule has 7 heteroatoms. The summed E-state index contributed by atoms with van der Waals surface area (Å²) in [6, 6.07) is 6.36. The van der Waals surface area contributed by atoms with Gasteiger partial charge in [0.05, 0.1) is 29.7 Å². The number of rotatable bonds is 4.